The minimum atomic E-state index is -4.02. The highest BCUT2D eigenvalue weighted by molar-refractivity contribution is 7.85. The van der Waals surface area contributed by atoms with Crippen molar-refractivity contribution in [3.8, 4) is 0 Å². The highest BCUT2D eigenvalue weighted by Gasteiger charge is 2.14. The van der Waals surface area contributed by atoms with E-state index in [-0.39, 0.29) is 34.7 Å². The molecular weight excluding hydrogens is 472 g/mol. The van der Waals surface area contributed by atoms with E-state index < -0.39 is 10.1 Å². The summed E-state index contributed by atoms with van der Waals surface area (Å²) in [6, 6.07) is 16.4. The molecule has 2 aromatic rings. The first-order chi connectivity index (χ1) is 16.4. The van der Waals surface area contributed by atoms with Crippen molar-refractivity contribution in [3.63, 3.8) is 0 Å². The molecule has 0 unspecified atom stereocenters. The van der Waals surface area contributed by atoms with E-state index in [1.165, 1.54) is 31.9 Å². The van der Waals surface area contributed by atoms with Crippen LogP contribution in [0.2, 0.25) is 0 Å². The Labute approximate surface area is 208 Å². The third kappa shape index (κ3) is 13.6. The Hall–Kier alpha value is -2.79. The number of hydrogen-bond acceptors (Lipinski definition) is 8. The van der Waals surface area contributed by atoms with Crippen LogP contribution in [0.3, 0.4) is 0 Å². The molecule has 0 aliphatic heterocycles. The molecule has 10 heteroatoms. The van der Waals surface area contributed by atoms with Crippen molar-refractivity contribution in [1.29, 1.82) is 0 Å². The highest BCUT2D eigenvalue weighted by Crippen LogP contribution is 2.11. The number of hydrogen-bond donors (Lipinski definition) is 3. The number of carbonyl (C=O) groups excluding carboxylic acids is 2. The summed E-state index contributed by atoms with van der Waals surface area (Å²) in [5.41, 5.74) is 7.33. The van der Waals surface area contributed by atoms with Crippen LogP contribution in [0, 0.1) is 18.8 Å². The highest BCUT2D eigenvalue weighted by atomic mass is 32.2. The Morgan fingerprint density at radius 2 is 1.40 bits per heavy atom. The maximum absolute atomic E-state index is 11.2. The number of aryl methyl sites for hydroxylation is 1. The van der Waals surface area contributed by atoms with Gasteiger partial charge in [0.1, 0.15) is 0 Å². The summed E-state index contributed by atoms with van der Waals surface area (Å²) in [6.07, 6.45) is 0. The standard InChI is InChI=1S/C13H19NO2.C7H8O3S.C5H11NO2/c1-10(13(15)16-3)9-14-11(2)12-7-5-4-6-8-12;1-6-2-4-7(5-3-6)11(8,9)10;1-4(3-6)5(7)8-2/h4-8,10-11,14H,9H2,1-3H3;2-5H,1H3,(H,8,9,10);4H,3,6H2,1-2H3/t10-,11+;;4-/m0.0/s1. The molecule has 0 amide bonds. The Kier molecular flexibility index (Phi) is 15.4. The van der Waals surface area contributed by atoms with Gasteiger partial charge in [0.05, 0.1) is 31.0 Å². The second-order valence-electron chi connectivity index (χ2n) is 7.91. The van der Waals surface area contributed by atoms with Crippen LogP contribution in [-0.2, 0) is 29.2 Å². The van der Waals surface area contributed by atoms with Gasteiger partial charge < -0.3 is 20.5 Å². The van der Waals surface area contributed by atoms with Gasteiger partial charge in [0.2, 0.25) is 0 Å². The summed E-state index contributed by atoms with van der Waals surface area (Å²) < 4.78 is 38.6. The van der Waals surface area contributed by atoms with Crippen molar-refractivity contribution in [3.05, 3.63) is 65.7 Å². The third-order valence-electron chi connectivity index (χ3n) is 4.91. The van der Waals surface area contributed by atoms with Crippen LogP contribution in [0.25, 0.3) is 0 Å². The van der Waals surface area contributed by atoms with Crippen LogP contribution in [0.1, 0.15) is 37.9 Å². The van der Waals surface area contributed by atoms with E-state index in [1.54, 1.807) is 19.1 Å². The maximum Gasteiger partial charge on any atom is 0.309 e. The van der Waals surface area contributed by atoms with E-state index in [0.717, 1.165) is 5.56 Å². The quantitative estimate of drug-likeness (QED) is 0.360. The van der Waals surface area contributed by atoms with Gasteiger partial charge in [-0.2, -0.15) is 8.42 Å². The van der Waals surface area contributed by atoms with Crippen molar-refractivity contribution in [2.75, 3.05) is 27.3 Å². The Bertz CT molecular complexity index is 981. The molecule has 9 nitrogen and oxygen atoms in total. The second-order valence-corrected chi connectivity index (χ2v) is 9.33. The molecule has 0 aromatic heterocycles. The smallest absolute Gasteiger partial charge is 0.309 e. The van der Waals surface area contributed by atoms with E-state index >= 15 is 0 Å². The Morgan fingerprint density at radius 3 is 1.80 bits per heavy atom. The zero-order chi connectivity index (χ0) is 27.0. The minimum Gasteiger partial charge on any atom is -0.469 e. The van der Waals surface area contributed by atoms with Crippen molar-refractivity contribution in [2.45, 2.75) is 38.6 Å². The SMILES string of the molecule is COC(=O)[C@@H](C)CN.COC(=O)[C@@H](C)CN[C@H](C)c1ccccc1.Cc1ccc(S(=O)(=O)O)cc1. The molecule has 3 atom stereocenters. The number of nitrogens with two attached hydrogens (primary N) is 1. The lowest BCUT2D eigenvalue weighted by Crippen LogP contribution is -2.29. The van der Waals surface area contributed by atoms with Gasteiger partial charge >= 0.3 is 11.9 Å². The van der Waals surface area contributed by atoms with E-state index in [4.69, 9.17) is 10.3 Å². The van der Waals surface area contributed by atoms with Gasteiger partial charge in [-0.25, -0.2) is 0 Å². The molecule has 0 aliphatic carbocycles. The number of benzene rings is 2. The average molecular weight is 511 g/mol. The van der Waals surface area contributed by atoms with Gasteiger partial charge in [0, 0.05) is 19.1 Å². The zero-order valence-corrected chi connectivity index (χ0v) is 22.0. The van der Waals surface area contributed by atoms with E-state index in [2.05, 4.69) is 33.8 Å². The van der Waals surface area contributed by atoms with E-state index in [9.17, 15) is 18.0 Å². The van der Waals surface area contributed by atoms with Gasteiger partial charge in [-0.15, -0.1) is 0 Å². The molecule has 4 N–H and O–H groups in total. The molecule has 35 heavy (non-hydrogen) atoms. The summed E-state index contributed by atoms with van der Waals surface area (Å²) in [6.45, 7) is 8.49. The fourth-order valence-corrected chi connectivity index (χ4v) is 2.99. The number of carbonyl (C=O) groups is 2. The summed E-state index contributed by atoms with van der Waals surface area (Å²) >= 11 is 0. The summed E-state index contributed by atoms with van der Waals surface area (Å²) in [4.78, 5) is 21.6. The summed E-state index contributed by atoms with van der Waals surface area (Å²) in [7, 11) is -1.25. The van der Waals surface area contributed by atoms with E-state index in [1.807, 2.05) is 32.0 Å². The first kappa shape index (κ1) is 32.2. The van der Waals surface area contributed by atoms with Crippen LogP contribution in [0.5, 0.6) is 0 Å². The maximum atomic E-state index is 11.2. The topological polar surface area (TPSA) is 145 Å². The van der Waals surface area contributed by atoms with Crippen molar-refractivity contribution in [1.82, 2.24) is 5.32 Å². The van der Waals surface area contributed by atoms with Crippen LogP contribution < -0.4 is 11.1 Å². The zero-order valence-electron chi connectivity index (χ0n) is 21.2. The molecule has 0 aliphatic rings. The fourth-order valence-electron chi connectivity index (χ4n) is 2.51. The fraction of sp³-hybridized carbons (Fsp3) is 0.440. The van der Waals surface area contributed by atoms with Gasteiger partial charge in [-0.1, -0.05) is 61.9 Å². The lowest BCUT2D eigenvalue weighted by Gasteiger charge is -2.16. The molecule has 0 radical (unpaired) electrons. The first-order valence-corrected chi connectivity index (χ1v) is 12.5. The lowest BCUT2D eigenvalue weighted by molar-refractivity contribution is -0.145. The molecule has 0 saturated carbocycles. The van der Waals surface area contributed by atoms with Gasteiger partial charge in [-0.3, -0.25) is 14.1 Å². The predicted octanol–water partition coefficient (Wildman–Crippen LogP) is 3.14. The van der Waals surface area contributed by atoms with Crippen LogP contribution in [-0.4, -0.2) is 52.2 Å². The second kappa shape index (κ2) is 16.8. The average Bonchev–Trinajstić information content (AvgIpc) is 2.86. The molecule has 0 heterocycles. The molecule has 0 spiro atoms. The van der Waals surface area contributed by atoms with Crippen molar-refractivity contribution in [2.24, 2.45) is 17.6 Å². The number of rotatable bonds is 8. The molecule has 0 fully saturated rings. The molecule has 2 rings (SSSR count). The van der Waals surface area contributed by atoms with Gasteiger partial charge in [0.25, 0.3) is 10.1 Å². The predicted molar refractivity (Wildman–Crippen MR) is 135 cm³/mol. The number of esters is 2. The van der Waals surface area contributed by atoms with Crippen LogP contribution in [0.4, 0.5) is 0 Å². The molecule has 0 saturated heterocycles. The molecule has 0 bridgehead atoms. The largest absolute Gasteiger partial charge is 0.469 e. The minimum absolute atomic E-state index is 0.0666. The van der Waals surface area contributed by atoms with Gasteiger partial charge in [-0.05, 0) is 31.5 Å². The van der Waals surface area contributed by atoms with Crippen LogP contribution in [0.15, 0.2) is 59.5 Å². The first-order valence-electron chi connectivity index (χ1n) is 11.1. The molecule has 2 aromatic carbocycles. The van der Waals surface area contributed by atoms with Crippen molar-refractivity contribution < 1.29 is 32.0 Å². The third-order valence-corrected chi connectivity index (χ3v) is 5.78. The number of methoxy groups -OCH3 is 2. The van der Waals surface area contributed by atoms with E-state index in [0.29, 0.717) is 13.1 Å². The number of ether oxygens (including phenoxy) is 2. The van der Waals surface area contributed by atoms with Crippen LogP contribution >= 0.6 is 0 Å². The normalized spacial score (nSPS) is 13.0. The monoisotopic (exact) mass is 510 g/mol. The summed E-state index contributed by atoms with van der Waals surface area (Å²) in [5, 5.41) is 3.31. The Balaban J connectivity index is 0.000000530. The Morgan fingerprint density at radius 1 is 0.914 bits per heavy atom. The lowest BCUT2D eigenvalue weighted by atomic mass is 10.1. The number of nitrogens with one attached hydrogen (secondary N) is 1. The summed E-state index contributed by atoms with van der Waals surface area (Å²) in [5.74, 6) is -0.698. The van der Waals surface area contributed by atoms with Gasteiger partial charge in [0.15, 0.2) is 0 Å². The molecular formula is C25H38N2O7S. The molecule has 196 valence electrons. The van der Waals surface area contributed by atoms with Crippen molar-refractivity contribution >= 4 is 22.1 Å².